The van der Waals surface area contributed by atoms with Crippen molar-refractivity contribution >= 4 is 18.2 Å². The van der Waals surface area contributed by atoms with Gasteiger partial charge in [0.1, 0.15) is 5.82 Å². The van der Waals surface area contributed by atoms with Crippen molar-refractivity contribution in [2.75, 3.05) is 36.4 Å². The molecule has 1 aliphatic heterocycles. The molecule has 0 radical (unpaired) electrons. The number of rotatable bonds is 4. The average molecular weight is 275 g/mol. The first kappa shape index (κ1) is 13.1. The molecule has 2 fully saturated rings. The fraction of sp³-hybridized carbons (Fsp3) is 0.643. The van der Waals surface area contributed by atoms with Gasteiger partial charge in [-0.2, -0.15) is 4.98 Å². The lowest BCUT2D eigenvalue weighted by Crippen LogP contribution is -2.46. The molecule has 0 spiro atoms. The topological polar surface area (TPSA) is 61.4 Å². The first-order chi connectivity index (χ1) is 9.85. The lowest BCUT2D eigenvalue weighted by molar-refractivity contribution is -0.118. The van der Waals surface area contributed by atoms with E-state index in [1.807, 2.05) is 12.3 Å². The minimum atomic E-state index is 0.525. The Morgan fingerprint density at radius 3 is 2.65 bits per heavy atom. The maximum absolute atomic E-state index is 10.7. The minimum absolute atomic E-state index is 0.525. The van der Waals surface area contributed by atoms with E-state index in [1.54, 1.807) is 4.90 Å². The minimum Gasteiger partial charge on any atom is -0.353 e. The van der Waals surface area contributed by atoms with E-state index in [2.05, 4.69) is 20.2 Å². The first-order valence-corrected chi connectivity index (χ1v) is 7.39. The van der Waals surface area contributed by atoms with Crippen LogP contribution < -0.4 is 10.2 Å². The lowest BCUT2D eigenvalue weighted by Gasteiger charge is -2.33. The van der Waals surface area contributed by atoms with Crippen molar-refractivity contribution in [3.05, 3.63) is 12.3 Å². The lowest BCUT2D eigenvalue weighted by atomic mass is 10.2. The zero-order chi connectivity index (χ0) is 13.8. The van der Waals surface area contributed by atoms with Crippen molar-refractivity contribution in [1.82, 2.24) is 14.9 Å². The van der Waals surface area contributed by atoms with Crippen molar-refractivity contribution in [3.8, 4) is 0 Å². The summed E-state index contributed by atoms with van der Waals surface area (Å²) in [7, 11) is 0. The molecule has 1 aromatic heterocycles. The van der Waals surface area contributed by atoms with Gasteiger partial charge in [-0.25, -0.2) is 4.98 Å². The predicted octanol–water partition coefficient (Wildman–Crippen LogP) is 1.11. The number of anilines is 2. The molecule has 1 saturated carbocycles. The second kappa shape index (κ2) is 6.07. The third-order valence-electron chi connectivity index (χ3n) is 4.12. The highest BCUT2D eigenvalue weighted by Gasteiger charge is 2.19. The van der Waals surface area contributed by atoms with Crippen molar-refractivity contribution < 1.29 is 4.79 Å². The van der Waals surface area contributed by atoms with Gasteiger partial charge in [0.15, 0.2) is 0 Å². The van der Waals surface area contributed by atoms with Gasteiger partial charge in [0.05, 0.1) is 0 Å². The summed E-state index contributed by atoms with van der Waals surface area (Å²) in [4.78, 5) is 23.7. The van der Waals surface area contributed by atoms with Crippen LogP contribution in [0.5, 0.6) is 0 Å². The Labute approximate surface area is 119 Å². The molecule has 108 valence electrons. The Balaban J connectivity index is 1.63. The van der Waals surface area contributed by atoms with Gasteiger partial charge in [0, 0.05) is 38.4 Å². The van der Waals surface area contributed by atoms with Crippen LogP contribution in [0.2, 0.25) is 0 Å². The van der Waals surface area contributed by atoms with Crippen molar-refractivity contribution in [2.24, 2.45) is 0 Å². The van der Waals surface area contributed by atoms with Crippen LogP contribution in [-0.2, 0) is 4.79 Å². The monoisotopic (exact) mass is 275 g/mol. The zero-order valence-corrected chi connectivity index (χ0v) is 11.7. The molecule has 1 N–H and O–H groups in total. The van der Waals surface area contributed by atoms with Gasteiger partial charge in [0.25, 0.3) is 0 Å². The van der Waals surface area contributed by atoms with Gasteiger partial charge in [0.2, 0.25) is 12.4 Å². The number of nitrogens with one attached hydrogen (secondary N) is 1. The Morgan fingerprint density at radius 1 is 1.20 bits per heavy atom. The summed E-state index contributed by atoms with van der Waals surface area (Å²) in [6.07, 6.45) is 7.75. The summed E-state index contributed by atoms with van der Waals surface area (Å²) in [5.74, 6) is 1.68. The molecule has 0 atom stereocenters. The molecule has 1 amide bonds. The molecule has 0 unspecified atom stereocenters. The molecule has 1 aliphatic carbocycles. The summed E-state index contributed by atoms with van der Waals surface area (Å²) >= 11 is 0. The second-order valence-electron chi connectivity index (χ2n) is 5.49. The highest BCUT2D eigenvalue weighted by atomic mass is 16.1. The Kier molecular flexibility index (Phi) is 3.99. The Bertz CT molecular complexity index is 453. The third-order valence-corrected chi connectivity index (χ3v) is 4.12. The normalized spacial score (nSPS) is 20.2. The molecule has 0 aromatic carbocycles. The number of hydrogen-bond acceptors (Lipinski definition) is 5. The van der Waals surface area contributed by atoms with Crippen molar-refractivity contribution in [2.45, 2.75) is 31.7 Å². The number of nitrogens with zero attached hydrogens (tertiary/aromatic N) is 4. The van der Waals surface area contributed by atoms with E-state index >= 15 is 0 Å². The molecule has 1 saturated heterocycles. The SMILES string of the molecule is O=CN1CCN(c2ccnc(NC3CCCC3)n2)CC1. The first-order valence-electron chi connectivity index (χ1n) is 7.39. The van der Waals surface area contributed by atoms with E-state index < -0.39 is 0 Å². The molecule has 2 heterocycles. The van der Waals surface area contributed by atoms with Crippen LogP contribution in [0.25, 0.3) is 0 Å². The third kappa shape index (κ3) is 3.00. The van der Waals surface area contributed by atoms with Gasteiger partial charge in [-0.05, 0) is 18.9 Å². The van der Waals surface area contributed by atoms with Crippen LogP contribution in [0.3, 0.4) is 0 Å². The van der Waals surface area contributed by atoms with E-state index in [9.17, 15) is 4.79 Å². The van der Waals surface area contributed by atoms with Gasteiger partial charge < -0.3 is 15.1 Å². The zero-order valence-electron chi connectivity index (χ0n) is 11.7. The molecule has 0 bridgehead atoms. The highest BCUT2D eigenvalue weighted by molar-refractivity contribution is 5.49. The summed E-state index contributed by atoms with van der Waals surface area (Å²) in [6.45, 7) is 3.19. The van der Waals surface area contributed by atoms with Gasteiger partial charge in [-0.1, -0.05) is 12.8 Å². The Hall–Kier alpha value is -1.85. The van der Waals surface area contributed by atoms with E-state index in [1.165, 1.54) is 25.7 Å². The summed E-state index contributed by atoms with van der Waals surface area (Å²) in [6, 6.07) is 2.47. The number of carbonyl (C=O) groups is 1. The molecule has 3 rings (SSSR count). The van der Waals surface area contributed by atoms with Crippen molar-refractivity contribution in [1.29, 1.82) is 0 Å². The van der Waals surface area contributed by atoms with Crippen molar-refractivity contribution in [3.63, 3.8) is 0 Å². The van der Waals surface area contributed by atoms with Crippen LogP contribution >= 0.6 is 0 Å². The molecular weight excluding hydrogens is 254 g/mol. The fourth-order valence-electron chi connectivity index (χ4n) is 2.90. The second-order valence-corrected chi connectivity index (χ2v) is 5.49. The van der Waals surface area contributed by atoms with Gasteiger partial charge in [-0.15, -0.1) is 0 Å². The quantitative estimate of drug-likeness (QED) is 0.834. The standard InChI is InChI=1S/C14H21N5O/c20-11-18-7-9-19(10-8-18)13-5-6-15-14(17-13)16-12-3-1-2-4-12/h5-6,11-12H,1-4,7-10H2,(H,15,16,17). The van der Waals surface area contributed by atoms with Gasteiger partial charge in [-0.3, -0.25) is 4.79 Å². The maximum Gasteiger partial charge on any atom is 0.224 e. The van der Waals surface area contributed by atoms with E-state index in [0.29, 0.717) is 6.04 Å². The van der Waals surface area contributed by atoms with Crippen LogP contribution in [0.15, 0.2) is 12.3 Å². The number of carbonyl (C=O) groups excluding carboxylic acids is 1. The Morgan fingerprint density at radius 2 is 1.95 bits per heavy atom. The molecule has 6 heteroatoms. The smallest absolute Gasteiger partial charge is 0.224 e. The molecule has 20 heavy (non-hydrogen) atoms. The number of piperazine rings is 1. The average Bonchev–Trinajstić information content (AvgIpc) is 3.01. The van der Waals surface area contributed by atoms with Crippen LogP contribution in [0.4, 0.5) is 11.8 Å². The van der Waals surface area contributed by atoms with Crippen LogP contribution in [-0.4, -0.2) is 53.5 Å². The number of aromatic nitrogens is 2. The summed E-state index contributed by atoms with van der Waals surface area (Å²) in [5, 5.41) is 3.42. The molecular formula is C14H21N5O. The molecule has 1 aromatic rings. The maximum atomic E-state index is 10.7. The number of hydrogen-bond donors (Lipinski definition) is 1. The summed E-state index contributed by atoms with van der Waals surface area (Å²) in [5.41, 5.74) is 0. The van der Waals surface area contributed by atoms with Crippen LogP contribution in [0, 0.1) is 0 Å². The summed E-state index contributed by atoms with van der Waals surface area (Å²) < 4.78 is 0. The molecule has 2 aliphatic rings. The molecule has 6 nitrogen and oxygen atoms in total. The van der Waals surface area contributed by atoms with Crippen LogP contribution in [0.1, 0.15) is 25.7 Å². The van der Waals surface area contributed by atoms with E-state index in [0.717, 1.165) is 44.4 Å². The van der Waals surface area contributed by atoms with E-state index in [4.69, 9.17) is 0 Å². The largest absolute Gasteiger partial charge is 0.353 e. The highest BCUT2D eigenvalue weighted by Crippen LogP contribution is 2.21. The number of amides is 1. The predicted molar refractivity (Wildman–Crippen MR) is 77.8 cm³/mol. The van der Waals surface area contributed by atoms with E-state index in [-0.39, 0.29) is 0 Å². The van der Waals surface area contributed by atoms with Gasteiger partial charge >= 0.3 is 0 Å². The fourth-order valence-corrected chi connectivity index (χ4v) is 2.90.